The van der Waals surface area contributed by atoms with Crippen LogP contribution in [0.1, 0.15) is 26.3 Å². The Morgan fingerprint density at radius 2 is 1.55 bits per heavy atom. The lowest BCUT2D eigenvalue weighted by Gasteiger charge is -2.31. The minimum Gasteiger partial charge on any atom is -0.383 e. The Morgan fingerprint density at radius 3 is 2.11 bits per heavy atom. The zero-order chi connectivity index (χ0) is 28.5. The highest BCUT2D eigenvalue weighted by molar-refractivity contribution is 9.10. The van der Waals surface area contributed by atoms with Crippen molar-refractivity contribution in [1.82, 2.24) is 20.4 Å². The summed E-state index contributed by atoms with van der Waals surface area (Å²) in [5.74, 6) is -3.62. The summed E-state index contributed by atoms with van der Waals surface area (Å²) in [5.41, 5.74) is -0.495. The maximum atomic E-state index is 13.7. The normalized spacial score (nSPS) is 13.6. The monoisotopic (exact) mass is 611 g/mol. The van der Waals surface area contributed by atoms with Crippen LogP contribution in [0.5, 0.6) is 0 Å². The molecule has 3 rings (SSSR count). The number of nitrogen functional groups attached to an aromatic ring is 1. The van der Waals surface area contributed by atoms with E-state index in [-0.39, 0.29) is 21.5 Å². The van der Waals surface area contributed by atoms with Gasteiger partial charge in [0.25, 0.3) is 11.8 Å². The molecule has 5 N–H and O–H groups in total. The van der Waals surface area contributed by atoms with Gasteiger partial charge >= 0.3 is 12.4 Å². The zero-order valence-electron chi connectivity index (χ0n) is 18.8. The molecule has 2 aromatic carbocycles. The van der Waals surface area contributed by atoms with E-state index in [4.69, 9.17) is 5.73 Å². The van der Waals surface area contributed by atoms with Gasteiger partial charge in [-0.25, -0.2) is 9.07 Å². The lowest BCUT2D eigenvalue weighted by molar-refractivity contribution is -0.254. The summed E-state index contributed by atoms with van der Waals surface area (Å²) in [6.07, 6.45) is -9.50. The van der Waals surface area contributed by atoms with E-state index >= 15 is 0 Å². The molecule has 0 fully saturated rings. The van der Waals surface area contributed by atoms with E-state index in [1.54, 1.807) is 5.32 Å². The third kappa shape index (κ3) is 6.07. The molecule has 1 heterocycles. The smallest absolute Gasteiger partial charge is 0.383 e. The van der Waals surface area contributed by atoms with Gasteiger partial charge in [0.2, 0.25) is 0 Å². The summed E-state index contributed by atoms with van der Waals surface area (Å²) in [6, 6.07) is 7.35. The number of aromatic nitrogens is 2. The Bertz CT molecular complexity index is 1340. The summed E-state index contributed by atoms with van der Waals surface area (Å²) in [6.45, 7) is -3.10. The van der Waals surface area contributed by atoms with E-state index in [1.165, 1.54) is 12.1 Å². The number of carbonyl (C=O) groups excluding carboxylic acids is 2. The number of hydrogen-bond donors (Lipinski definition) is 4. The molecule has 0 aliphatic heterocycles. The summed E-state index contributed by atoms with van der Waals surface area (Å²) in [4.78, 5) is 24.9. The number of amides is 2. The summed E-state index contributed by atoms with van der Waals surface area (Å²) in [5, 5.41) is 17.5. The molecular weight excluding hydrogens is 595 g/mol. The number of benzene rings is 2. The molecule has 0 saturated heterocycles. The molecule has 0 spiro atoms. The molecule has 8 nitrogen and oxygen atoms in total. The highest BCUT2D eigenvalue weighted by Crippen LogP contribution is 2.35. The number of nitrogens with two attached hydrogens (primary N) is 1. The average molecular weight is 612 g/mol. The fraction of sp³-hybridized carbons (Fsp3) is 0.227. The van der Waals surface area contributed by atoms with Crippen LogP contribution in [-0.4, -0.2) is 51.6 Å². The molecule has 0 aliphatic rings. The molecule has 1 atom stereocenters. The van der Waals surface area contributed by atoms with Gasteiger partial charge in [-0.05, 0) is 52.3 Å². The highest BCUT2D eigenvalue weighted by Gasteiger charge is 2.54. The van der Waals surface area contributed by atoms with Gasteiger partial charge in [0, 0.05) is 4.47 Å². The number of aliphatic hydroxyl groups is 1. The van der Waals surface area contributed by atoms with Crippen LogP contribution in [0.4, 0.5) is 36.6 Å². The molecule has 38 heavy (non-hydrogen) atoms. The number of halogens is 8. The Morgan fingerprint density at radius 1 is 0.974 bits per heavy atom. The zero-order valence-corrected chi connectivity index (χ0v) is 20.4. The minimum atomic E-state index is -5.43. The van der Waals surface area contributed by atoms with Gasteiger partial charge in [-0.15, -0.1) is 0 Å². The van der Waals surface area contributed by atoms with Gasteiger partial charge in [-0.1, -0.05) is 6.07 Å². The van der Waals surface area contributed by atoms with Gasteiger partial charge < -0.3 is 21.5 Å². The van der Waals surface area contributed by atoms with E-state index in [9.17, 15) is 45.4 Å². The number of nitrogens with one attached hydrogen (secondary N) is 2. The first-order valence-corrected chi connectivity index (χ1v) is 11.1. The molecule has 1 aromatic heterocycles. The van der Waals surface area contributed by atoms with E-state index < -0.39 is 59.8 Å². The van der Waals surface area contributed by atoms with Gasteiger partial charge in [0.05, 0.1) is 36.1 Å². The molecular formula is C22H17BrF7N5O3. The van der Waals surface area contributed by atoms with Gasteiger partial charge in [-0.2, -0.15) is 31.4 Å². The van der Waals surface area contributed by atoms with Crippen molar-refractivity contribution in [2.75, 3.05) is 18.8 Å². The minimum absolute atomic E-state index is 0.239. The Labute approximate surface area is 217 Å². The summed E-state index contributed by atoms with van der Waals surface area (Å²) >= 11 is 2.76. The average Bonchev–Trinajstić information content (AvgIpc) is 3.21. The number of alkyl halides is 6. The van der Waals surface area contributed by atoms with Gasteiger partial charge in [0.15, 0.2) is 5.60 Å². The predicted octanol–water partition coefficient (Wildman–Crippen LogP) is 3.83. The maximum Gasteiger partial charge on any atom is 0.420 e. The molecule has 2 amide bonds. The summed E-state index contributed by atoms with van der Waals surface area (Å²) < 4.78 is 94.7. The van der Waals surface area contributed by atoms with Crippen molar-refractivity contribution in [2.24, 2.45) is 0 Å². The molecule has 1 unspecified atom stereocenters. The number of nitrogens with zero attached hydrogens (tertiary/aromatic N) is 2. The van der Waals surface area contributed by atoms with Crippen LogP contribution < -0.4 is 16.4 Å². The molecule has 0 radical (unpaired) electrons. The van der Waals surface area contributed by atoms with E-state index in [2.05, 4.69) is 21.0 Å². The fourth-order valence-corrected chi connectivity index (χ4v) is 3.76. The van der Waals surface area contributed by atoms with E-state index in [1.807, 2.05) is 5.32 Å². The van der Waals surface area contributed by atoms with Crippen LogP contribution in [0.15, 0.2) is 53.1 Å². The van der Waals surface area contributed by atoms with Crippen molar-refractivity contribution < 1.29 is 45.4 Å². The van der Waals surface area contributed by atoms with Crippen molar-refractivity contribution in [3.8, 4) is 5.69 Å². The maximum absolute atomic E-state index is 13.7. The standard InChI is InChI=1S/C22H17BrF7N5O3/c23-15-3-1-2-14(21(25,26)27)16(15)19(37)33-10-20(38,22(28,29)30)9-32-18(36)13-8-34-35(17(13)31)12-6-4-11(24)5-7-12/h1-8,38H,9-10,31H2,(H,32,36)(H,33,37). The molecule has 0 bridgehead atoms. The van der Waals surface area contributed by atoms with E-state index in [0.29, 0.717) is 6.07 Å². The molecule has 0 aliphatic carbocycles. The van der Waals surface area contributed by atoms with Gasteiger partial charge in [0.1, 0.15) is 17.2 Å². The van der Waals surface area contributed by atoms with Crippen molar-refractivity contribution in [3.05, 3.63) is 75.6 Å². The third-order valence-corrected chi connectivity index (χ3v) is 5.94. The fourth-order valence-electron chi connectivity index (χ4n) is 3.21. The van der Waals surface area contributed by atoms with Crippen LogP contribution in [0.2, 0.25) is 0 Å². The van der Waals surface area contributed by atoms with Crippen molar-refractivity contribution in [3.63, 3.8) is 0 Å². The molecule has 0 saturated carbocycles. The number of carbonyl (C=O) groups is 2. The topological polar surface area (TPSA) is 122 Å². The molecule has 3 aromatic rings. The number of anilines is 1. The first-order chi connectivity index (χ1) is 17.5. The van der Waals surface area contributed by atoms with Crippen molar-refractivity contribution in [1.29, 1.82) is 0 Å². The molecule has 16 heteroatoms. The lowest BCUT2D eigenvalue weighted by atomic mass is 10.0. The first-order valence-electron chi connectivity index (χ1n) is 10.4. The quantitative estimate of drug-likeness (QED) is 0.303. The van der Waals surface area contributed by atoms with Crippen molar-refractivity contribution in [2.45, 2.75) is 18.0 Å². The highest BCUT2D eigenvalue weighted by atomic mass is 79.9. The summed E-state index contributed by atoms with van der Waals surface area (Å²) in [7, 11) is 0. The van der Waals surface area contributed by atoms with Crippen LogP contribution in [0.3, 0.4) is 0 Å². The van der Waals surface area contributed by atoms with E-state index in [0.717, 1.165) is 35.1 Å². The Kier molecular flexibility index (Phi) is 8.07. The Balaban J connectivity index is 1.77. The second-order valence-electron chi connectivity index (χ2n) is 7.89. The number of rotatable bonds is 7. The van der Waals surface area contributed by atoms with Crippen LogP contribution in [0.25, 0.3) is 5.69 Å². The predicted molar refractivity (Wildman–Crippen MR) is 123 cm³/mol. The lowest BCUT2D eigenvalue weighted by Crippen LogP contribution is -2.59. The first kappa shape index (κ1) is 28.9. The third-order valence-electron chi connectivity index (χ3n) is 5.28. The largest absolute Gasteiger partial charge is 0.420 e. The second-order valence-corrected chi connectivity index (χ2v) is 8.74. The van der Waals surface area contributed by atoms with Crippen molar-refractivity contribution >= 4 is 33.6 Å². The van der Waals surface area contributed by atoms with Crippen LogP contribution in [-0.2, 0) is 6.18 Å². The van der Waals surface area contributed by atoms with Crippen LogP contribution in [0, 0.1) is 5.82 Å². The SMILES string of the molecule is Nc1c(C(=O)NCC(O)(CNC(=O)c2c(Br)cccc2C(F)(F)F)C(F)(F)F)cnn1-c1ccc(F)cc1. The van der Waals surface area contributed by atoms with Crippen LogP contribution >= 0.6 is 15.9 Å². The molecule has 204 valence electrons. The van der Waals surface area contributed by atoms with Gasteiger partial charge in [-0.3, -0.25) is 9.59 Å². The Hall–Kier alpha value is -3.66. The second kappa shape index (κ2) is 10.6. The number of hydrogen-bond acceptors (Lipinski definition) is 5.